The number of hydrogen-bond donors (Lipinski definition) is 1. The van der Waals surface area contributed by atoms with Crippen molar-refractivity contribution in [3.05, 3.63) is 53.2 Å². The Balaban J connectivity index is 1.79. The summed E-state index contributed by atoms with van der Waals surface area (Å²) < 4.78 is 31.6. The summed E-state index contributed by atoms with van der Waals surface area (Å²) in [7, 11) is 1.51. The first kappa shape index (κ1) is 15.8. The molecule has 23 heavy (non-hydrogen) atoms. The Morgan fingerprint density at radius 2 is 2.04 bits per heavy atom. The molecule has 122 valence electrons. The van der Waals surface area contributed by atoms with Gasteiger partial charge in [-0.05, 0) is 30.2 Å². The standard InChI is InChI=1S/C16H17F2N3O2/c1-23-16-5-3-11(19-20-16)8-21-9-12(22)7-15(21)10-2-4-13(17)14(18)6-10/h2-6,12,15,22H,7-9H2,1H3/t12-,15-/m0/s1. The van der Waals surface area contributed by atoms with Crippen molar-refractivity contribution in [3.8, 4) is 5.88 Å². The molecule has 1 aliphatic rings. The third-order valence-corrected chi connectivity index (χ3v) is 3.98. The van der Waals surface area contributed by atoms with Gasteiger partial charge in [0.1, 0.15) is 0 Å². The maximum Gasteiger partial charge on any atom is 0.233 e. The molecular formula is C16H17F2N3O2. The number of hydrogen-bond acceptors (Lipinski definition) is 5. The number of nitrogens with zero attached hydrogens (tertiary/aromatic N) is 3. The lowest BCUT2D eigenvalue weighted by Gasteiger charge is -2.24. The van der Waals surface area contributed by atoms with E-state index in [0.29, 0.717) is 36.6 Å². The van der Waals surface area contributed by atoms with E-state index in [1.807, 2.05) is 4.90 Å². The highest BCUT2D eigenvalue weighted by Crippen LogP contribution is 2.33. The molecule has 1 aliphatic heterocycles. The summed E-state index contributed by atoms with van der Waals surface area (Å²) in [6.45, 7) is 0.898. The molecule has 0 spiro atoms. The van der Waals surface area contributed by atoms with Crippen molar-refractivity contribution in [3.63, 3.8) is 0 Å². The zero-order valence-corrected chi connectivity index (χ0v) is 12.6. The summed E-state index contributed by atoms with van der Waals surface area (Å²) >= 11 is 0. The lowest BCUT2D eigenvalue weighted by Crippen LogP contribution is -2.25. The van der Waals surface area contributed by atoms with Gasteiger partial charge in [0, 0.05) is 25.2 Å². The van der Waals surface area contributed by atoms with Crippen LogP contribution in [-0.2, 0) is 6.54 Å². The predicted octanol–water partition coefficient (Wildman–Crippen LogP) is 2.07. The van der Waals surface area contributed by atoms with Gasteiger partial charge < -0.3 is 9.84 Å². The monoisotopic (exact) mass is 321 g/mol. The Morgan fingerprint density at radius 3 is 2.70 bits per heavy atom. The fraction of sp³-hybridized carbons (Fsp3) is 0.375. The summed E-state index contributed by atoms with van der Waals surface area (Å²) in [5.41, 5.74) is 1.36. The van der Waals surface area contributed by atoms with Crippen molar-refractivity contribution in [1.82, 2.24) is 15.1 Å². The van der Waals surface area contributed by atoms with Gasteiger partial charge in [-0.2, -0.15) is 5.10 Å². The van der Waals surface area contributed by atoms with Gasteiger partial charge in [0.25, 0.3) is 0 Å². The molecular weight excluding hydrogens is 304 g/mol. The molecule has 0 aliphatic carbocycles. The number of ether oxygens (including phenoxy) is 1. The molecule has 2 atom stereocenters. The highest BCUT2D eigenvalue weighted by molar-refractivity contribution is 5.23. The summed E-state index contributed by atoms with van der Waals surface area (Å²) in [5, 5.41) is 17.9. The van der Waals surface area contributed by atoms with E-state index in [-0.39, 0.29) is 6.04 Å². The number of β-amino-alcohol motifs (C(OH)–C–C–N with tert-alkyl or cyclic N) is 1. The van der Waals surface area contributed by atoms with Crippen molar-refractivity contribution in [2.75, 3.05) is 13.7 Å². The van der Waals surface area contributed by atoms with Crippen molar-refractivity contribution in [2.45, 2.75) is 25.1 Å². The molecule has 0 amide bonds. The molecule has 3 rings (SSSR count). The lowest BCUT2D eigenvalue weighted by molar-refractivity contribution is 0.172. The number of aliphatic hydroxyl groups is 1. The van der Waals surface area contributed by atoms with Crippen LogP contribution in [0.5, 0.6) is 5.88 Å². The second kappa shape index (κ2) is 6.55. The quantitative estimate of drug-likeness (QED) is 0.934. The van der Waals surface area contributed by atoms with Crippen molar-refractivity contribution in [2.24, 2.45) is 0 Å². The van der Waals surface area contributed by atoms with E-state index < -0.39 is 17.7 Å². The van der Waals surface area contributed by atoms with Gasteiger partial charge >= 0.3 is 0 Å². The molecule has 1 fully saturated rings. The summed E-state index contributed by atoms with van der Waals surface area (Å²) in [5.74, 6) is -1.33. The van der Waals surface area contributed by atoms with Gasteiger partial charge in [-0.1, -0.05) is 6.07 Å². The third-order valence-electron chi connectivity index (χ3n) is 3.98. The van der Waals surface area contributed by atoms with Gasteiger partial charge in [-0.3, -0.25) is 4.90 Å². The van der Waals surface area contributed by atoms with E-state index in [4.69, 9.17) is 4.74 Å². The minimum Gasteiger partial charge on any atom is -0.480 e. The van der Waals surface area contributed by atoms with Gasteiger partial charge in [0.15, 0.2) is 11.6 Å². The van der Waals surface area contributed by atoms with E-state index in [0.717, 1.165) is 6.07 Å². The van der Waals surface area contributed by atoms with Gasteiger partial charge in [-0.25, -0.2) is 8.78 Å². The predicted molar refractivity (Wildman–Crippen MR) is 78.7 cm³/mol. The second-order valence-corrected chi connectivity index (χ2v) is 5.58. The first-order valence-electron chi connectivity index (χ1n) is 7.30. The van der Waals surface area contributed by atoms with E-state index in [1.54, 1.807) is 18.2 Å². The zero-order chi connectivity index (χ0) is 16.4. The van der Waals surface area contributed by atoms with Crippen LogP contribution in [0.25, 0.3) is 0 Å². The number of benzene rings is 1. The van der Waals surface area contributed by atoms with Gasteiger partial charge in [0.2, 0.25) is 5.88 Å². The molecule has 0 unspecified atom stereocenters. The fourth-order valence-corrected chi connectivity index (χ4v) is 2.87. The van der Waals surface area contributed by atoms with Crippen LogP contribution in [0.3, 0.4) is 0 Å². The molecule has 1 aromatic carbocycles. The summed E-state index contributed by atoms with van der Waals surface area (Å²) in [6, 6.07) is 7.16. The zero-order valence-electron chi connectivity index (χ0n) is 12.6. The molecule has 2 aromatic rings. The lowest BCUT2D eigenvalue weighted by atomic mass is 10.0. The van der Waals surface area contributed by atoms with Crippen molar-refractivity contribution >= 4 is 0 Å². The topological polar surface area (TPSA) is 58.5 Å². The molecule has 0 saturated carbocycles. The van der Waals surface area contributed by atoms with Gasteiger partial charge in [0.05, 0.1) is 18.9 Å². The van der Waals surface area contributed by atoms with Gasteiger partial charge in [-0.15, -0.1) is 5.10 Å². The first-order chi connectivity index (χ1) is 11.1. The number of likely N-dealkylation sites (tertiary alicyclic amines) is 1. The second-order valence-electron chi connectivity index (χ2n) is 5.58. The number of aliphatic hydroxyl groups excluding tert-OH is 1. The van der Waals surface area contributed by atoms with Crippen LogP contribution in [0.2, 0.25) is 0 Å². The minimum absolute atomic E-state index is 0.191. The van der Waals surface area contributed by atoms with Crippen LogP contribution in [0.1, 0.15) is 23.7 Å². The molecule has 5 nitrogen and oxygen atoms in total. The molecule has 7 heteroatoms. The maximum absolute atomic E-state index is 13.5. The van der Waals surface area contributed by atoms with Crippen LogP contribution < -0.4 is 4.74 Å². The third kappa shape index (κ3) is 3.46. The maximum atomic E-state index is 13.5. The number of methoxy groups -OCH3 is 1. The number of aromatic nitrogens is 2. The summed E-state index contributed by atoms with van der Waals surface area (Å²) in [4.78, 5) is 1.98. The summed E-state index contributed by atoms with van der Waals surface area (Å²) in [6.07, 6.45) is -0.0476. The van der Waals surface area contributed by atoms with Crippen LogP contribution in [0, 0.1) is 11.6 Å². The number of halogens is 2. The van der Waals surface area contributed by atoms with E-state index >= 15 is 0 Å². The van der Waals surface area contributed by atoms with Crippen LogP contribution in [-0.4, -0.2) is 40.0 Å². The van der Waals surface area contributed by atoms with E-state index in [2.05, 4.69) is 10.2 Å². The van der Waals surface area contributed by atoms with Crippen molar-refractivity contribution in [1.29, 1.82) is 0 Å². The van der Waals surface area contributed by atoms with Crippen LogP contribution in [0.15, 0.2) is 30.3 Å². The fourth-order valence-electron chi connectivity index (χ4n) is 2.87. The van der Waals surface area contributed by atoms with Crippen LogP contribution in [0.4, 0.5) is 8.78 Å². The minimum atomic E-state index is -0.881. The highest BCUT2D eigenvalue weighted by atomic mass is 19.2. The molecule has 1 saturated heterocycles. The normalized spacial score (nSPS) is 21.6. The smallest absolute Gasteiger partial charge is 0.233 e. The Bertz CT molecular complexity index is 682. The largest absolute Gasteiger partial charge is 0.480 e. The van der Waals surface area contributed by atoms with Crippen molar-refractivity contribution < 1.29 is 18.6 Å². The molecule has 2 heterocycles. The Morgan fingerprint density at radius 1 is 1.22 bits per heavy atom. The SMILES string of the molecule is COc1ccc(CN2C[C@@H](O)C[C@H]2c2ccc(F)c(F)c2)nn1. The number of rotatable bonds is 4. The molecule has 0 radical (unpaired) electrons. The first-order valence-corrected chi connectivity index (χ1v) is 7.30. The Kier molecular flexibility index (Phi) is 4.49. The average molecular weight is 321 g/mol. The average Bonchev–Trinajstić information content (AvgIpc) is 2.91. The van der Waals surface area contributed by atoms with E-state index in [9.17, 15) is 13.9 Å². The van der Waals surface area contributed by atoms with E-state index in [1.165, 1.54) is 13.2 Å². The Labute approximate surface area is 132 Å². The molecule has 0 bridgehead atoms. The Hall–Kier alpha value is -2.12. The highest BCUT2D eigenvalue weighted by Gasteiger charge is 2.32. The van der Waals surface area contributed by atoms with Crippen LogP contribution >= 0.6 is 0 Å². The molecule has 1 aromatic heterocycles. The molecule has 1 N–H and O–H groups in total.